The average Bonchev–Trinajstić information content (AvgIpc) is 2.50. The summed E-state index contributed by atoms with van der Waals surface area (Å²) in [7, 11) is 0. The summed E-state index contributed by atoms with van der Waals surface area (Å²) in [5, 5.41) is 0.0389. The van der Waals surface area contributed by atoms with Gasteiger partial charge in [-0.25, -0.2) is 0 Å². The molecule has 0 radical (unpaired) electrons. The van der Waals surface area contributed by atoms with Gasteiger partial charge in [0.2, 0.25) is 0 Å². The van der Waals surface area contributed by atoms with Crippen molar-refractivity contribution in [2.75, 3.05) is 0 Å². The summed E-state index contributed by atoms with van der Waals surface area (Å²) in [5.41, 5.74) is 3.43. The van der Waals surface area contributed by atoms with E-state index in [4.69, 9.17) is 0 Å². The molecule has 20 heavy (non-hydrogen) atoms. The number of benzene rings is 2. The minimum absolute atomic E-state index is 0.0389. The quantitative estimate of drug-likeness (QED) is 0.703. The third-order valence-electron chi connectivity index (χ3n) is 3.42. The van der Waals surface area contributed by atoms with Gasteiger partial charge in [-0.15, -0.1) is 11.8 Å². The largest absolute Gasteiger partial charge is 0.293 e. The lowest BCUT2D eigenvalue weighted by atomic mass is 10.1. The van der Waals surface area contributed by atoms with Crippen molar-refractivity contribution in [1.82, 2.24) is 0 Å². The zero-order chi connectivity index (χ0) is 14.4. The molecule has 2 rings (SSSR count). The maximum absolute atomic E-state index is 12.5. The Kier molecular flexibility index (Phi) is 5.42. The maximum atomic E-state index is 12.5. The van der Waals surface area contributed by atoms with E-state index in [0.717, 1.165) is 17.7 Å². The van der Waals surface area contributed by atoms with E-state index in [-0.39, 0.29) is 11.0 Å². The van der Waals surface area contributed by atoms with E-state index < -0.39 is 0 Å². The fraction of sp³-hybridized carbons (Fsp3) is 0.278. The second-order valence-corrected chi connectivity index (χ2v) is 6.06. The van der Waals surface area contributed by atoms with Gasteiger partial charge in [-0.1, -0.05) is 61.5 Å². The summed E-state index contributed by atoms with van der Waals surface area (Å²) in [4.78, 5) is 12.5. The van der Waals surface area contributed by atoms with Crippen LogP contribution in [-0.2, 0) is 5.75 Å². The topological polar surface area (TPSA) is 17.1 Å². The van der Waals surface area contributed by atoms with Crippen molar-refractivity contribution < 1.29 is 4.79 Å². The summed E-state index contributed by atoms with van der Waals surface area (Å²) >= 11 is 1.74. The van der Waals surface area contributed by atoms with Crippen LogP contribution < -0.4 is 0 Å². The van der Waals surface area contributed by atoms with E-state index >= 15 is 0 Å². The van der Waals surface area contributed by atoms with Gasteiger partial charge in [0, 0.05) is 11.3 Å². The van der Waals surface area contributed by atoms with Crippen LogP contribution >= 0.6 is 11.8 Å². The Morgan fingerprint density at radius 1 is 1.05 bits per heavy atom. The Bertz CT molecular complexity index is 563. The van der Waals surface area contributed by atoms with Crippen LogP contribution in [-0.4, -0.2) is 11.0 Å². The average molecular weight is 284 g/mol. The van der Waals surface area contributed by atoms with E-state index in [0.29, 0.717) is 0 Å². The number of hydrogen-bond donors (Lipinski definition) is 0. The van der Waals surface area contributed by atoms with Gasteiger partial charge in [0.1, 0.15) is 0 Å². The van der Waals surface area contributed by atoms with Crippen molar-refractivity contribution in [1.29, 1.82) is 0 Å². The van der Waals surface area contributed by atoms with Crippen LogP contribution in [0.25, 0.3) is 0 Å². The van der Waals surface area contributed by atoms with Gasteiger partial charge in [-0.2, -0.15) is 0 Å². The van der Waals surface area contributed by atoms with Gasteiger partial charge < -0.3 is 0 Å². The molecule has 1 unspecified atom stereocenters. The van der Waals surface area contributed by atoms with E-state index in [1.54, 1.807) is 11.8 Å². The molecule has 0 fully saturated rings. The molecular weight excluding hydrogens is 264 g/mol. The second-order valence-electron chi connectivity index (χ2n) is 4.86. The normalized spacial score (nSPS) is 12.1. The van der Waals surface area contributed by atoms with E-state index in [2.05, 4.69) is 38.1 Å². The molecule has 0 heterocycles. The number of carbonyl (C=O) groups excluding carboxylic acids is 1. The molecule has 0 aromatic heterocycles. The van der Waals surface area contributed by atoms with E-state index in [9.17, 15) is 4.79 Å². The number of carbonyl (C=O) groups is 1. The number of rotatable bonds is 6. The highest BCUT2D eigenvalue weighted by molar-refractivity contribution is 7.99. The van der Waals surface area contributed by atoms with Crippen molar-refractivity contribution in [3.05, 3.63) is 71.3 Å². The fourth-order valence-electron chi connectivity index (χ4n) is 2.13. The molecule has 0 aliphatic carbocycles. The molecule has 0 N–H and O–H groups in total. The maximum Gasteiger partial charge on any atom is 0.175 e. The molecule has 0 aliphatic heterocycles. The molecular formula is C18H20OS. The molecule has 1 atom stereocenters. The molecule has 104 valence electrons. The summed E-state index contributed by atoms with van der Waals surface area (Å²) in [5.74, 6) is 1.13. The highest BCUT2D eigenvalue weighted by Gasteiger charge is 2.18. The van der Waals surface area contributed by atoms with Crippen LogP contribution in [0.15, 0.2) is 54.6 Å². The lowest BCUT2D eigenvalue weighted by Crippen LogP contribution is -2.16. The Morgan fingerprint density at radius 3 is 2.35 bits per heavy atom. The van der Waals surface area contributed by atoms with Gasteiger partial charge in [-0.3, -0.25) is 4.79 Å². The van der Waals surface area contributed by atoms with Crippen LogP contribution in [0.3, 0.4) is 0 Å². The highest BCUT2D eigenvalue weighted by Crippen LogP contribution is 2.25. The van der Waals surface area contributed by atoms with Gasteiger partial charge in [0.05, 0.1) is 5.25 Å². The number of aryl methyl sites for hydroxylation is 1. The first-order valence-electron chi connectivity index (χ1n) is 6.97. The van der Waals surface area contributed by atoms with Gasteiger partial charge in [-0.05, 0) is 24.5 Å². The Hall–Kier alpha value is -1.54. The summed E-state index contributed by atoms with van der Waals surface area (Å²) in [6.45, 7) is 4.20. The van der Waals surface area contributed by atoms with E-state index in [1.165, 1.54) is 11.1 Å². The standard InChI is InChI=1S/C18H20OS/c1-3-17(18(19)15-10-5-4-6-11-15)20-13-16-12-8-7-9-14(16)2/h4-12,17H,3,13H2,1-2H3. The lowest BCUT2D eigenvalue weighted by Gasteiger charge is -2.14. The molecule has 2 aromatic rings. The molecule has 1 nitrogen and oxygen atoms in total. The molecule has 0 aliphatic rings. The number of Topliss-reactive ketones (excluding diaryl/α,β-unsaturated/α-hetero) is 1. The first-order valence-corrected chi connectivity index (χ1v) is 8.02. The molecule has 0 amide bonds. The van der Waals surface area contributed by atoms with Gasteiger partial charge in [0.15, 0.2) is 5.78 Å². The third-order valence-corrected chi connectivity index (χ3v) is 4.85. The molecule has 2 aromatic carbocycles. The minimum Gasteiger partial charge on any atom is -0.293 e. The second kappa shape index (κ2) is 7.30. The first kappa shape index (κ1) is 14.9. The summed E-state index contributed by atoms with van der Waals surface area (Å²) < 4.78 is 0. The van der Waals surface area contributed by atoms with Crippen molar-refractivity contribution in [2.24, 2.45) is 0 Å². The third kappa shape index (κ3) is 3.73. The number of hydrogen-bond acceptors (Lipinski definition) is 2. The molecule has 2 heteroatoms. The van der Waals surface area contributed by atoms with Crippen LogP contribution in [0.1, 0.15) is 34.8 Å². The SMILES string of the molecule is CCC(SCc1ccccc1C)C(=O)c1ccccc1. The Balaban J connectivity index is 2.03. The van der Waals surface area contributed by atoms with Crippen molar-refractivity contribution in [2.45, 2.75) is 31.3 Å². The number of thioether (sulfide) groups is 1. The zero-order valence-corrected chi connectivity index (χ0v) is 12.8. The molecule has 0 bridgehead atoms. The summed E-state index contributed by atoms with van der Waals surface area (Å²) in [6, 6.07) is 18.0. The van der Waals surface area contributed by atoms with Crippen LogP contribution in [0.5, 0.6) is 0 Å². The van der Waals surface area contributed by atoms with Crippen molar-refractivity contribution >= 4 is 17.5 Å². The monoisotopic (exact) mass is 284 g/mol. The minimum atomic E-state index is 0.0389. The molecule has 0 spiro atoms. The lowest BCUT2D eigenvalue weighted by molar-refractivity contribution is 0.0988. The van der Waals surface area contributed by atoms with Gasteiger partial charge in [0.25, 0.3) is 0 Å². The van der Waals surface area contributed by atoms with Gasteiger partial charge >= 0.3 is 0 Å². The molecule has 0 saturated carbocycles. The predicted molar refractivity (Wildman–Crippen MR) is 87.3 cm³/mol. The Morgan fingerprint density at radius 2 is 1.70 bits per heavy atom. The Labute approximate surface area is 125 Å². The molecule has 0 saturated heterocycles. The highest BCUT2D eigenvalue weighted by atomic mass is 32.2. The predicted octanol–water partition coefficient (Wildman–Crippen LogP) is 4.89. The van der Waals surface area contributed by atoms with Crippen molar-refractivity contribution in [3.63, 3.8) is 0 Å². The van der Waals surface area contributed by atoms with E-state index in [1.807, 2.05) is 30.3 Å². The smallest absolute Gasteiger partial charge is 0.175 e. The first-order chi connectivity index (χ1) is 9.72. The fourth-order valence-corrected chi connectivity index (χ4v) is 3.36. The van der Waals surface area contributed by atoms with Crippen molar-refractivity contribution in [3.8, 4) is 0 Å². The van der Waals surface area contributed by atoms with Crippen LogP contribution in [0.2, 0.25) is 0 Å². The van der Waals surface area contributed by atoms with Crippen LogP contribution in [0.4, 0.5) is 0 Å². The van der Waals surface area contributed by atoms with Crippen LogP contribution in [0, 0.1) is 6.92 Å². The summed E-state index contributed by atoms with van der Waals surface area (Å²) in [6.07, 6.45) is 0.865. The number of ketones is 1. The zero-order valence-electron chi connectivity index (χ0n) is 12.0.